The van der Waals surface area contributed by atoms with Crippen LogP contribution >= 0.6 is 0 Å². The summed E-state index contributed by atoms with van der Waals surface area (Å²) in [5.41, 5.74) is 2.01. The number of nitrogens with one attached hydrogen (secondary N) is 1. The minimum Gasteiger partial charge on any atom is -0.345 e. The zero-order valence-corrected chi connectivity index (χ0v) is 14.2. The van der Waals surface area contributed by atoms with Gasteiger partial charge in [-0.25, -0.2) is 8.42 Å². The van der Waals surface area contributed by atoms with Crippen molar-refractivity contribution in [3.05, 3.63) is 59.9 Å². The number of hydrogen-bond donors (Lipinski definition) is 1. The normalized spacial score (nSPS) is 17.5. The van der Waals surface area contributed by atoms with Crippen molar-refractivity contribution >= 4 is 21.6 Å². The van der Waals surface area contributed by atoms with Gasteiger partial charge in [-0.3, -0.25) is 14.1 Å². The number of hydrogen-bond acceptors (Lipinski definition) is 4. The maximum Gasteiger partial charge on any atom is 0.251 e. The lowest BCUT2D eigenvalue weighted by Crippen LogP contribution is -2.27. The predicted octanol–water partition coefficient (Wildman–Crippen LogP) is 2.11. The molecule has 0 radical (unpaired) electrons. The Balaban J connectivity index is 1.70. The number of nitrogens with zero attached hydrogens (tertiary/aromatic N) is 2. The van der Waals surface area contributed by atoms with Crippen molar-refractivity contribution in [2.75, 3.05) is 16.6 Å². The van der Waals surface area contributed by atoms with E-state index in [0.29, 0.717) is 24.2 Å². The number of anilines is 1. The predicted molar refractivity (Wildman–Crippen MR) is 92.3 cm³/mol. The first-order chi connectivity index (χ1) is 11.5. The molecular weight excluding hydrogens is 326 g/mol. The third kappa shape index (κ3) is 3.41. The van der Waals surface area contributed by atoms with Gasteiger partial charge in [-0.15, -0.1) is 0 Å². The van der Waals surface area contributed by atoms with E-state index < -0.39 is 10.0 Å². The first-order valence-corrected chi connectivity index (χ1v) is 9.39. The summed E-state index contributed by atoms with van der Waals surface area (Å²) in [6, 6.07) is 10.2. The van der Waals surface area contributed by atoms with Crippen molar-refractivity contribution in [3.8, 4) is 0 Å². The van der Waals surface area contributed by atoms with E-state index in [9.17, 15) is 13.2 Å². The van der Waals surface area contributed by atoms with Crippen LogP contribution in [0.4, 0.5) is 5.69 Å². The zero-order chi connectivity index (χ0) is 17.2. The lowest BCUT2D eigenvalue weighted by atomic mass is 10.1. The summed E-state index contributed by atoms with van der Waals surface area (Å²) in [4.78, 5) is 16.4. The summed E-state index contributed by atoms with van der Waals surface area (Å²) in [6.45, 7) is 2.38. The SMILES string of the molecule is CC(NC(=O)c1ccc(N2CCCS2(=O)=O)cc1)c1cccnc1. The van der Waals surface area contributed by atoms with Crippen LogP contribution in [0.3, 0.4) is 0 Å². The highest BCUT2D eigenvalue weighted by molar-refractivity contribution is 7.93. The quantitative estimate of drug-likeness (QED) is 0.920. The number of carbonyl (C=O) groups is 1. The molecule has 0 spiro atoms. The Kier molecular flexibility index (Phi) is 4.53. The molecule has 1 atom stereocenters. The molecule has 126 valence electrons. The molecule has 1 N–H and O–H groups in total. The first-order valence-electron chi connectivity index (χ1n) is 7.79. The van der Waals surface area contributed by atoms with Gasteiger partial charge in [0.25, 0.3) is 5.91 Å². The molecule has 1 fully saturated rings. The van der Waals surface area contributed by atoms with E-state index in [0.717, 1.165) is 5.56 Å². The molecule has 0 bridgehead atoms. The molecule has 2 aromatic rings. The van der Waals surface area contributed by atoms with Crippen LogP contribution in [0.15, 0.2) is 48.8 Å². The van der Waals surface area contributed by atoms with Gasteiger partial charge in [0.1, 0.15) is 0 Å². The molecule has 2 heterocycles. The van der Waals surface area contributed by atoms with Crippen LogP contribution in [0.2, 0.25) is 0 Å². The Morgan fingerprint density at radius 2 is 2.00 bits per heavy atom. The second-order valence-electron chi connectivity index (χ2n) is 5.77. The first kappa shape index (κ1) is 16.4. The van der Waals surface area contributed by atoms with Gasteiger partial charge in [0.2, 0.25) is 10.0 Å². The van der Waals surface area contributed by atoms with Crippen molar-refractivity contribution in [3.63, 3.8) is 0 Å². The molecular formula is C17H19N3O3S. The van der Waals surface area contributed by atoms with Crippen molar-refractivity contribution in [2.45, 2.75) is 19.4 Å². The Morgan fingerprint density at radius 1 is 1.25 bits per heavy atom. The van der Waals surface area contributed by atoms with Crippen molar-refractivity contribution in [1.29, 1.82) is 0 Å². The molecule has 24 heavy (non-hydrogen) atoms. The second-order valence-corrected chi connectivity index (χ2v) is 7.78. The van der Waals surface area contributed by atoms with E-state index in [1.807, 2.05) is 19.1 Å². The number of amides is 1. The number of carbonyl (C=O) groups excluding carboxylic acids is 1. The second kappa shape index (κ2) is 6.60. The fourth-order valence-corrected chi connectivity index (χ4v) is 4.27. The largest absolute Gasteiger partial charge is 0.345 e. The number of rotatable bonds is 4. The summed E-state index contributed by atoms with van der Waals surface area (Å²) in [5, 5.41) is 2.91. The summed E-state index contributed by atoms with van der Waals surface area (Å²) in [5.74, 6) is -0.0279. The molecule has 1 aliphatic rings. The van der Waals surface area contributed by atoms with E-state index in [-0.39, 0.29) is 17.7 Å². The van der Waals surface area contributed by atoms with Crippen LogP contribution in [-0.2, 0) is 10.0 Å². The molecule has 7 heteroatoms. The molecule has 1 aromatic heterocycles. The van der Waals surface area contributed by atoms with Gasteiger partial charge in [0, 0.05) is 24.5 Å². The van der Waals surface area contributed by atoms with Crippen LogP contribution in [0.25, 0.3) is 0 Å². The maximum absolute atomic E-state index is 12.3. The standard InChI is InChI=1S/C17H19N3O3S/c1-13(15-4-2-9-18-12-15)19-17(21)14-5-7-16(8-6-14)20-10-3-11-24(20,22)23/h2,4-9,12-13H,3,10-11H2,1H3,(H,19,21). The van der Waals surface area contributed by atoms with Gasteiger partial charge in [-0.05, 0) is 49.2 Å². The van der Waals surface area contributed by atoms with E-state index in [2.05, 4.69) is 10.3 Å². The van der Waals surface area contributed by atoms with Crippen molar-refractivity contribution in [1.82, 2.24) is 10.3 Å². The molecule has 1 unspecified atom stereocenters. The summed E-state index contributed by atoms with van der Waals surface area (Å²) in [7, 11) is -3.20. The topological polar surface area (TPSA) is 79.4 Å². The minimum atomic E-state index is -3.20. The van der Waals surface area contributed by atoms with Crippen LogP contribution in [0.5, 0.6) is 0 Å². The Hall–Kier alpha value is -2.41. The number of benzene rings is 1. The van der Waals surface area contributed by atoms with Crippen LogP contribution in [0.1, 0.15) is 35.3 Å². The highest BCUT2D eigenvalue weighted by Crippen LogP contribution is 2.24. The van der Waals surface area contributed by atoms with Crippen LogP contribution in [-0.4, -0.2) is 31.6 Å². The fourth-order valence-electron chi connectivity index (χ4n) is 2.70. The number of pyridine rings is 1. The fraction of sp³-hybridized carbons (Fsp3) is 0.294. The van der Waals surface area contributed by atoms with Gasteiger partial charge in [-0.1, -0.05) is 6.07 Å². The summed E-state index contributed by atoms with van der Waals surface area (Å²) >= 11 is 0. The lowest BCUT2D eigenvalue weighted by molar-refractivity contribution is 0.0940. The zero-order valence-electron chi connectivity index (χ0n) is 13.3. The minimum absolute atomic E-state index is 0.162. The highest BCUT2D eigenvalue weighted by Gasteiger charge is 2.28. The lowest BCUT2D eigenvalue weighted by Gasteiger charge is -2.17. The van der Waals surface area contributed by atoms with Crippen LogP contribution < -0.4 is 9.62 Å². The monoisotopic (exact) mass is 345 g/mol. The van der Waals surface area contributed by atoms with E-state index in [1.54, 1.807) is 36.7 Å². The third-order valence-electron chi connectivity index (χ3n) is 4.05. The van der Waals surface area contributed by atoms with E-state index in [1.165, 1.54) is 4.31 Å². The molecule has 0 aliphatic carbocycles. The smallest absolute Gasteiger partial charge is 0.251 e. The van der Waals surface area contributed by atoms with Crippen molar-refractivity contribution in [2.24, 2.45) is 0 Å². The molecule has 0 saturated carbocycles. The van der Waals surface area contributed by atoms with Crippen molar-refractivity contribution < 1.29 is 13.2 Å². The molecule has 1 amide bonds. The molecule has 6 nitrogen and oxygen atoms in total. The molecule has 1 aromatic carbocycles. The summed E-state index contributed by atoms with van der Waals surface area (Å²) in [6.07, 6.45) is 4.03. The Morgan fingerprint density at radius 3 is 2.58 bits per heavy atom. The average molecular weight is 345 g/mol. The maximum atomic E-state index is 12.3. The molecule has 1 saturated heterocycles. The number of sulfonamides is 1. The molecule has 3 rings (SSSR count). The summed E-state index contributed by atoms with van der Waals surface area (Å²) < 4.78 is 25.2. The van der Waals surface area contributed by atoms with E-state index >= 15 is 0 Å². The Labute approximate surface area is 141 Å². The Bertz CT molecular complexity index is 820. The number of aromatic nitrogens is 1. The van der Waals surface area contributed by atoms with Gasteiger partial charge in [-0.2, -0.15) is 0 Å². The highest BCUT2D eigenvalue weighted by atomic mass is 32.2. The average Bonchev–Trinajstić information content (AvgIpc) is 2.95. The molecule has 1 aliphatic heterocycles. The van der Waals surface area contributed by atoms with Gasteiger partial charge >= 0.3 is 0 Å². The van der Waals surface area contributed by atoms with Gasteiger partial charge in [0.05, 0.1) is 17.5 Å². The van der Waals surface area contributed by atoms with E-state index in [4.69, 9.17) is 0 Å². The van der Waals surface area contributed by atoms with Crippen LogP contribution in [0, 0.1) is 0 Å². The van der Waals surface area contributed by atoms with Gasteiger partial charge < -0.3 is 5.32 Å². The van der Waals surface area contributed by atoms with Gasteiger partial charge in [0.15, 0.2) is 0 Å². The third-order valence-corrected chi connectivity index (χ3v) is 5.92.